The highest BCUT2D eigenvalue weighted by Crippen LogP contribution is 2.47. The summed E-state index contributed by atoms with van der Waals surface area (Å²) < 4.78 is 17.0. The summed E-state index contributed by atoms with van der Waals surface area (Å²) in [5, 5.41) is 0. The smallest absolute Gasteiger partial charge is 0.397 e. The van der Waals surface area contributed by atoms with Gasteiger partial charge in [-0.25, -0.2) is 0 Å². The largest absolute Gasteiger partial charge is 0.427 e. The first kappa shape index (κ1) is 14.5. The Labute approximate surface area is 126 Å². The third kappa shape index (κ3) is 3.82. The molecule has 21 heavy (non-hydrogen) atoms. The third-order valence-corrected chi connectivity index (χ3v) is 4.30. The minimum atomic E-state index is -1.27. The molecule has 0 atom stereocenters. The van der Waals surface area contributed by atoms with E-state index >= 15 is 0 Å². The van der Waals surface area contributed by atoms with E-state index in [0.29, 0.717) is 13.2 Å². The zero-order valence-electron chi connectivity index (χ0n) is 12.3. The van der Waals surface area contributed by atoms with Crippen molar-refractivity contribution < 1.29 is 13.6 Å². The van der Waals surface area contributed by atoms with Gasteiger partial charge in [0.1, 0.15) is 5.75 Å². The lowest BCUT2D eigenvalue weighted by Crippen LogP contribution is -2.28. The summed E-state index contributed by atoms with van der Waals surface area (Å²) in [4.78, 5) is 0. The molecule has 1 heterocycles. The van der Waals surface area contributed by atoms with Crippen molar-refractivity contribution in [1.82, 2.24) is 0 Å². The highest BCUT2D eigenvalue weighted by molar-refractivity contribution is 7.42. The van der Waals surface area contributed by atoms with Crippen LogP contribution in [0.15, 0.2) is 54.6 Å². The molecule has 0 saturated carbocycles. The van der Waals surface area contributed by atoms with Crippen LogP contribution in [0.3, 0.4) is 0 Å². The average Bonchev–Trinajstić information content (AvgIpc) is 2.51. The highest BCUT2D eigenvalue weighted by Gasteiger charge is 2.31. The van der Waals surface area contributed by atoms with E-state index in [1.54, 1.807) is 0 Å². The van der Waals surface area contributed by atoms with Gasteiger partial charge in [-0.05, 0) is 23.3 Å². The molecule has 0 aromatic heterocycles. The fourth-order valence-electron chi connectivity index (χ4n) is 2.01. The zero-order valence-corrected chi connectivity index (χ0v) is 13.2. The molecule has 1 fully saturated rings. The summed E-state index contributed by atoms with van der Waals surface area (Å²) in [6.07, 6.45) is 0. The maximum atomic E-state index is 5.76. The summed E-state index contributed by atoms with van der Waals surface area (Å²) >= 11 is 0. The van der Waals surface area contributed by atoms with Crippen molar-refractivity contribution in [2.75, 3.05) is 13.2 Å². The summed E-state index contributed by atoms with van der Waals surface area (Å²) in [5.74, 6) is 0.778. The molecule has 2 aromatic carbocycles. The van der Waals surface area contributed by atoms with Gasteiger partial charge in [-0.15, -0.1) is 0 Å². The van der Waals surface area contributed by atoms with E-state index in [4.69, 9.17) is 13.6 Å². The Hall–Kier alpha value is -1.41. The highest BCUT2D eigenvalue weighted by atomic mass is 31.2. The van der Waals surface area contributed by atoms with Gasteiger partial charge in [0, 0.05) is 5.41 Å². The lowest BCUT2D eigenvalue weighted by Gasteiger charge is -2.32. The third-order valence-electron chi connectivity index (χ3n) is 3.26. The molecular weight excluding hydrogens is 283 g/mol. The van der Waals surface area contributed by atoms with E-state index in [-0.39, 0.29) is 5.41 Å². The Morgan fingerprint density at radius 1 is 0.857 bits per heavy atom. The minimum Gasteiger partial charge on any atom is -0.427 e. The molecule has 1 aliphatic heterocycles. The quantitative estimate of drug-likeness (QED) is 0.744. The second-order valence-corrected chi connectivity index (χ2v) is 7.06. The topological polar surface area (TPSA) is 27.7 Å². The SMILES string of the molecule is CC1(C)COP(Oc2ccc(-c3ccccc3)cc2)OC1. The van der Waals surface area contributed by atoms with Crippen LogP contribution in [0.5, 0.6) is 5.75 Å². The van der Waals surface area contributed by atoms with Gasteiger partial charge in [0.25, 0.3) is 0 Å². The van der Waals surface area contributed by atoms with Gasteiger partial charge >= 0.3 is 8.60 Å². The van der Waals surface area contributed by atoms with Gasteiger partial charge in [-0.1, -0.05) is 56.3 Å². The summed E-state index contributed by atoms with van der Waals surface area (Å²) in [6, 6.07) is 18.3. The predicted octanol–water partition coefficient (Wildman–Crippen LogP) is 5.03. The molecule has 0 bridgehead atoms. The van der Waals surface area contributed by atoms with E-state index in [9.17, 15) is 0 Å². The first-order chi connectivity index (χ1) is 10.1. The molecular formula is C17H19O3P. The Kier molecular flexibility index (Phi) is 4.25. The van der Waals surface area contributed by atoms with Crippen LogP contribution in [-0.4, -0.2) is 13.2 Å². The monoisotopic (exact) mass is 302 g/mol. The van der Waals surface area contributed by atoms with E-state index in [1.807, 2.05) is 42.5 Å². The van der Waals surface area contributed by atoms with Crippen molar-refractivity contribution in [3.8, 4) is 16.9 Å². The molecule has 0 unspecified atom stereocenters. The van der Waals surface area contributed by atoms with Crippen molar-refractivity contribution in [3.63, 3.8) is 0 Å². The first-order valence-corrected chi connectivity index (χ1v) is 8.11. The van der Waals surface area contributed by atoms with Crippen molar-refractivity contribution in [2.24, 2.45) is 5.41 Å². The fourth-order valence-corrected chi connectivity index (χ4v) is 3.40. The first-order valence-electron chi connectivity index (χ1n) is 7.02. The molecule has 0 aliphatic carbocycles. The lowest BCUT2D eigenvalue weighted by molar-refractivity contribution is 0.0426. The molecule has 3 rings (SSSR count). The second kappa shape index (κ2) is 6.15. The van der Waals surface area contributed by atoms with Crippen molar-refractivity contribution in [2.45, 2.75) is 13.8 Å². The fraction of sp³-hybridized carbons (Fsp3) is 0.294. The van der Waals surface area contributed by atoms with Crippen LogP contribution in [0.25, 0.3) is 11.1 Å². The van der Waals surface area contributed by atoms with Gasteiger partial charge in [-0.2, -0.15) is 0 Å². The normalized spacial score (nSPS) is 18.4. The maximum absolute atomic E-state index is 5.76. The van der Waals surface area contributed by atoms with E-state index in [2.05, 4.69) is 26.0 Å². The minimum absolute atomic E-state index is 0.0688. The Morgan fingerprint density at radius 3 is 2.05 bits per heavy atom. The van der Waals surface area contributed by atoms with Gasteiger partial charge in [0.05, 0.1) is 13.2 Å². The summed E-state index contributed by atoms with van der Waals surface area (Å²) in [5.41, 5.74) is 2.43. The molecule has 2 aromatic rings. The zero-order chi connectivity index (χ0) is 14.7. The van der Waals surface area contributed by atoms with Crippen molar-refractivity contribution >= 4 is 8.60 Å². The number of hydrogen-bond donors (Lipinski definition) is 0. The van der Waals surface area contributed by atoms with Gasteiger partial charge in [0.15, 0.2) is 0 Å². The molecule has 0 spiro atoms. The predicted molar refractivity (Wildman–Crippen MR) is 85.1 cm³/mol. The molecule has 1 aliphatic rings. The molecule has 3 nitrogen and oxygen atoms in total. The maximum Gasteiger partial charge on any atom is 0.397 e. The van der Waals surface area contributed by atoms with Gasteiger partial charge in [0.2, 0.25) is 0 Å². The van der Waals surface area contributed by atoms with Crippen LogP contribution in [0.2, 0.25) is 0 Å². The van der Waals surface area contributed by atoms with E-state index < -0.39 is 8.60 Å². The number of rotatable bonds is 3. The Bertz CT molecular complexity index is 571. The number of benzene rings is 2. The summed E-state index contributed by atoms with van der Waals surface area (Å²) in [7, 11) is -1.27. The van der Waals surface area contributed by atoms with Crippen LogP contribution < -0.4 is 4.52 Å². The van der Waals surface area contributed by atoms with Gasteiger partial charge in [-0.3, -0.25) is 0 Å². The van der Waals surface area contributed by atoms with Crippen LogP contribution in [0.1, 0.15) is 13.8 Å². The second-order valence-electron chi connectivity index (χ2n) is 5.92. The lowest BCUT2D eigenvalue weighted by atomic mass is 9.97. The standard InChI is InChI=1S/C17H19O3P/c1-17(2)12-18-21(19-13-17)20-16-10-8-15(9-11-16)14-6-4-3-5-7-14/h3-11H,12-13H2,1-2H3. The van der Waals surface area contributed by atoms with Crippen LogP contribution in [0.4, 0.5) is 0 Å². The molecule has 0 radical (unpaired) electrons. The number of hydrogen-bond acceptors (Lipinski definition) is 3. The van der Waals surface area contributed by atoms with Crippen LogP contribution >= 0.6 is 8.60 Å². The van der Waals surface area contributed by atoms with Crippen molar-refractivity contribution in [3.05, 3.63) is 54.6 Å². The van der Waals surface area contributed by atoms with E-state index in [0.717, 1.165) is 5.75 Å². The molecule has 0 amide bonds. The Balaban J connectivity index is 1.63. The Morgan fingerprint density at radius 2 is 1.43 bits per heavy atom. The van der Waals surface area contributed by atoms with E-state index in [1.165, 1.54) is 11.1 Å². The van der Waals surface area contributed by atoms with Gasteiger partial charge < -0.3 is 13.6 Å². The molecule has 4 heteroatoms. The molecule has 1 saturated heterocycles. The van der Waals surface area contributed by atoms with Crippen molar-refractivity contribution in [1.29, 1.82) is 0 Å². The molecule has 0 N–H and O–H groups in total. The summed E-state index contributed by atoms with van der Waals surface area (Å²) in [6.45, 7) is 5.57. The molecule has 110 valence electrons. The average molecular weight is 302 g/mol. The van der Waals surface area contributed by atoms with Crippen LogP contribution in [-0.2, 0) is 9.05 Å². The van der Waals surface area contributed by atoms with Crippen LogP contribution in [0, 0.1) is 5.41 Å².